The third-order valence-corrected chi connectivity index (χ3v) is 6.07. The Bertz CT molecular complexity index is 805. The third-order valence-electron chi connectivity index (χ3n) is 3.29. The number of amides is 1. The number of hydrazone groups is 1. The Hall–Kier alpha value is -2.19. The summed E-state index contributed by atoms with van der Waals surface area (Å²) in [6.45, 7) is 3.95. The normalized spacial score (nSPS) is 10.9. The van der Waals surface area contributed by atoms with Crippen molar-refractivity contribution in [3.8, 4) is 0 Å². The minimum atomic E-state index is -3.59. The molecule has 2 N–H and O–H groups in total. The lowest BCUT2D eigenvalue weighted by atomic mass is 10.2. The minimum Gasteiger partial charge on any atom is -0.279 e. The second-order valence-corrected chi connectivity index (χ2v) is 7.80. The summed E-state index contributed by atoms with van der Waals surface area (Å²) in [5.41, 5.74) is 4.21. The molecule has 0 bridgehead atoms. The quantitative estimate of drug-likeness (QED) is 0.582. The maximum atomic E-state index is 12.1. The predicted molar refractivity (Wildman–Crippen MR) is 97.1 cm³/mol. The summed E-state index contributed by atoms with van der Waals surface area (Å²) in [5.74, 6) is -0.331. The largest absolute Gasteiger partial charge is 0.279 e. The fourth-order valence-corrected chi connectivity index (χ4v) is 3.97. The fourth-order valence-electron chi connectivity index (χ4n) is 1.91. The van der Waals surface area contributed by atoms with Crippen molar-refractivity contribution < 1.29 is 13.2 Å². The van der Waals surface area contributed by atoms with Crippen molar-refractivity contribution in [2.24, 2.45) is 5.10 Å². The first-order chi connectivity index (χ1) is 11.5. The van der Waals surface area contributed by atoms with Gasteiger partial charge in [-0.25, -0.2) is 13.8 Å². The molecule has 0 spiro atoms. The summed E-state index contributed by atoms with van der Waals surface area (Å²) in [6, 6.07) is 9.40. The zero-order valence-electron chi connectivity index (χ0n) is 13.4. The number of benzene rings is 1. The molecule has 0 aliphatic rings. The summed E-state index contributed by atoms with van der Waals surface area (Å²) in [7, 11) is -3.59. The number of thiophene rings is 1. The van der Waals surface area contributed by atoms with E-state index in [0.29, 0.717) is 11.3 Å². The highest BCUT2D eigenvalue weighted by Crippen LogP contribution is 2.20. The molecule has 128 valence electrons. The number of nitrogens with one attached hydrogen (secondary N) is 2. The number of carbonyl (C=O) groups is 1. The van der Waals surface area contributed by atoms with Crippen LogP contribution in [-0.2, 0) is 10.0 Å². The molecule has 1 heterocycles. The van der Waals surface area contributed by atoms with Crippen LogP contribution < -0.4 is 10.1 Å². The number of nitrogens with zero attached hydrogens (tertiary/aromatic N) is 1. The van der Waals surface area contributed by atoms with Crippen LogP contribution in [0.2, 0.25) is 0 Å². The zero-order chi connectivity index (χ0) is 17.6. The Morgan fingerprint density at radius 3 is 2.33 bits per heavy atom. The van der Waals surface area contributed by atoms with Crippen LogP contribution in [-0.4, -0.2) is 20.0 Å². The van der Waals surface area contributed by atoms with Gasteiger partial charge in [0.15, 0.2) is 0 Å². The molecule has 8 heteroatoms. The number of hydrogen-bond acceptors (Lipinski definition) is 5. The van der Waals surface area contributed by atoms with Gasteiger partial charge in [0.2, 0.25) is 0 Å². The summed E-state index contributed by atoms with van der Waals surface area (Å²) < 4.78 is 27.0. The van der Waals surface area contributed by atoms with Gasteiger partial charge < -0.3 is 0 Å². The average Bonchev–Trinajstić information content (AvgIpc) is 3.11. The summed E-state index contributed by atoms with van der Waals surface area (Å²) in [6.07, 6.45) is 1.56. The van der Waals surface area contributed by atoms with E-state index < -0.39 is 10.0 Å². The number of anilines is 1. The van der Waals surface area contributed by atoms with Crippen LogP contribution in [0.5, 0.6) is 0 Å². The van der Waals surface area contributed by atoms with Crippen molar-refractivity contribution in [3.05, 3.63) is 47.3 Å². The monoisotopic (exact) mass is 365 g/mol. The second-order valence-electron chi connectivity index (χ2n) is 4.94. The van der Waals surface area contributed by atoms with Gasteiger partial charge in [-0.2, -0.15) is 5.10 Å². The smallest absolute Gasteiger partial charge is 0.271 e. The highest BCUT2D eigenvalue weighted by atomic mass is 32.2. The molecular weight excluding hydrogens is 346 g/mol. The molecule has 0 saturated heterocycles. The van der Waals surface area contributed by atoms with Crippen LogP contribution in [0.15, 0.2) is 51.1 Å². The molecular formula is C16H19N3O3S2. The lowest BCUT2D eigenvalue weighted by molar-refractivity contribution is 0.0954. The van der Waals surface area contributed by atoms with E-state index in [1.807, 2.05) is 13.8 Å². The lowest BCUT2D eigenvalue weighted by Gasteiger charge is -2.07. The topological polar surface area (TPSA) is 87.6 Å². The van der Waals surface area contributed by atoms with Gasteiger partial charge >= 0.3 is 0 Å². The van der Waals surface area contributed by atoms with E-state index in [1.54, 1.807) is 35.7 Å². The zero-order valence-corrected chi connectivity index (χ0v) is 15.1. The first kappa shape index (κ1) is 18.2. The van der Waals surface area contributed by atoms with Gasteiger partial charge in [-0.05, 0) is 48.6 Å². The number of carbonyl (C=O) groups excluding carboxylic acids is 1. The van der Waals surface area contributed by atoms with Crippen LogP contribution in [0.3, 0.4) is 0 Å². The molecule has 0 radical (unpaired) electrons. The highest BCUT2D eigenvalue weighted by molar-refractivity contribution is 7.94. The first-order valence-corrected chi connectivity index (χ1v) is 9.84. The van der Waals surface area contributed by atoms with Crippen molar-refractivity contribution in [1.29, 1.82) is 0 Å². The molecule has 2 rings (SSSR count). The molecule has 24 heavy (non-hydrogen) atoms. The van der Waals surface area contributed by atoms with Crippen LogP contribution in [0.4, 0.5) is 5.69 Å². The predicted octanol–water partition coefficient (Wildman–Crippen LogP) is 3.45. The van der Waals surface area contributed by atoms with Crippen molar-refractivity contribution in [3.63, 3.8) is 0 Å². The molecule has 1 amide bonds. The van der Waals surface area contributed by atoms with Crippen LogP contribution in [0.25, 0.3) is 0 Å². The molecule has 0 unspecified atom stereocenters. The van der Waals surface area contributed by atoms with E-state index in [0.717, 1.165) is 29.9 Å². The standard InChI is InChI=1S/C16H19N3O3S2/c1-3-13(4-2)17-18-16(20)12-7-9-14(10-8-12)19-24(21,22)15-6-5-11-23-15/h5-11,19H,3-4H2,1-2H3,(H,18,20). The van der Waals surface area contributed by atoms with Crippen molar-refractivity contribution in [2.75, 3.05) is 4.72 Å². The maximum absolute atomic E-state index is 12.1. The molecule has 2 aromatic rings. The Balaban J connectivity index is 2.05. The van der Waals surface area contributed by atoms with Crippen molar-refractivity contribution in [2.45, 2.75) is 30.9 Å². The van der Waals surface area contributed by atoms with Crippen LogP contribution in [0, 0.1) is 0 Å². The molecule has 1 aromatic carbocycles. The van der Waals surface area contributed by atoms with E-state index in [2.05, 4.69) is 15.2 Å². The molecule has 0 atom stereocenters. The van der Waals surface area contributed by atoms with Gasteiger partial charge in [-0.3, -0.25) is 9.52 Å². The van der Waals surface area contributed by atoms with E-state index in [-0.39, 0.29) is 10.1 Å². The molecule has 0 aliphatic heterocycles. The summed E-state index contributed by atoms with van der Waals surface area (Å²) in [5, 5.41) is 5.76. The number of hydrogen-bond donors (Lipinski definition) is 2. The maximum Gasteiger partial charge on any atom is 0.271 e. The van der Waals surface area contributed by atoms with Gasteiger partial charge in [0.05, 0.1) is 0 Å². The number of rotatable bonds is 7. The second kappa shape index (κ2) is 8.07. The van der Waals surface area contributed by atoms with Crippen molar-refractivity contribution >= 4 is 38.7 Å². The fraction of sp³-hybridized carbons (Fsp3) is 0.250. The lowest BCUT2D eigenvalue weighted by Crippen LogP contribution is -2.19. The Morgan fingerprint density at radius 2 is 1.79 bits per heavy atom. The SMILES string of the molecule is CCC(CC)=NNC(=O)c1ccc(NS(=O)(=O)c2cccs2)cc1. The highest BCUT2D eigenvalue weighted by Gasteiger charge is 2.15. The average molecular weight is 365 g/mol. The molecule has 0 fully saturated rings. The van der Waals surface area contributed by atoms with Gasteiger partial charge in [-0.1, -0.05) is 19.9 Å². The van der Waals surface area contributed by atoms with Gasteiger partial charge in [0.25, 0.3) is 15.9 Å². The first-order valence-electron chi connectivity index (χ1n) is 7.48. The summed E-state index contributed by atoms with van der Waals surface area (Å²) in [4.78, 5) is 12.0. The molecule has 0 aliphatic carbocycles. The van der Waals surface area contributed by atoms with Gasteiger partial charge in [0.1, 0.15) is 4.21 Å². The summed E-state index contributed by atoms with van der Waals surface area (Å²) >= 11 is 1.14. The van der Waals surface area contributed by atoms with E-state index in [1.165, 1.54) is 6.07 Å². The van der Waals surface area contributed by atoms with Crippen molar-refractivity contribution in [1.82, 2.24) is 5.43 Å². The van der Waals surface area contributed by atoms with Crippen LogP contribution in [0.1, 0.15) is 37.0 Å². The van der Waals surface area contributed by atoms with Crippen LogP contribution >= 0.6 is 11.3 Å². The van der Waals surface area contributed by atoms with E-state index in [9.17, 15) is 13.2 Å². The molecule has 1 aromatic heterocycles. The van der Waals surface area contributed by atoms with E-state index >= 15 is 0 Å². The van der Waals surface area contributed by atoms with Gasteiger partial charge in [0, 0.05) is 17.0 Å². The minimum absolute atomic E-state index is 0.241. The molecule has 0 saturated carbocycles. The Kier molecular flexibility index (Phi) is 6.10. The third kappa shape index (κ3) is 4.65. The van der Waals surface area contributed by atoms with Gasteiger partial charge in [-0.15, -0.1) is 11.3 Å². The number of sulfonamides is 1. The Morgan fingerprint density at radius 1 is 1.12 bits per heavy atom. The Labute approximate surface area is 145 Å². The molecule has 6 nitrogen and oxygen atoms in total. The van der Waals surface area contributed by atoms with E-state index in [4.69, 9.17) is 0 Å².